The molecule has 0 radical (unpaired) electrons. The standard InChI is InChI=1S/C8H9NO3S.K/c10-13(11,12)7-1-2-8-6(5-7)3-4-9-8;/h1-2,5,9H,3-4H2,(H,10,11,12);/q;+1/p-1. The molecule has 6 heteroatoms. The fourth-order valence-corrected chi connectivity index (χ4v) is 1.96. The first-order chi connectivity index (χ1) is 6.07. The Bertz CT molecular complexity index is 444. The normalized spacial score (nSPS) is 14.1. The van der Waals surface area contributed by atoms with Crippen molar-refractivity contribution in [3.63, 3.8) is 0 Å². The van der Waals surface area contributed by atoms with Gasteiger partial charge < -0.3 is 9.87 Å². The third-order valence-electron chi connectivity index (χ3n) is 2.08. The van der Waals surface area contributed by atoms with E-state index in [0.717, 1.165) is 24.2 Å². The summed E-state index contributed by atoms with van der Waals surface area (Å²) in [6.07, 6.45) is 0.776. The van der Waals surface area contributed by atoms with Crippen LogP contribution in [0.4, 0.5) is 5.69 Å². The molecule has 0 aliphatic carbocycles. The molecule has 1 aromatic carbocycles. The largest absolute Gasteiger partial charge is 1.00 e. The van der Waals surface area contributed by atoms with Gasteiger partial charge in [0.1, 0.15) is 10.1 Å². The van der Waals surface area contributed by atoms with Crippen LogP contribution >= 0.6 is 0 Å². The summed E-state index contributed by atoms with van der Waals surface area (Å²) >= 11 is 0. The molecule has 14 heavy (non-hydrogen) atoms. The average molecular weight is 237 g/mol. The van der Waals surface area contributed by atoms with Crippen molar-refractivity contribution < 1.29 is 64.4 Å². The second-order valence-electron chi connectivity index (χ2n) is 2.95. The predicted molar refractivity (Wildman–Crippen MR) is 46.6 cm³/mol. The molecule has 0 saturated carbocycles. The number of hydrogen-bond acceptors (Lipinski definition) is 4. The van der Waals surface area contributed by atoms with E-state index in [9.17, 15) is 13.0 Å². The number of anilines is 1. The van der Waals surface area contributed by atoms with Gasteiger partial charge in [0.2, 0.25) is 0 Å². The molecule has 4 nitrogen and oxygen atoms in total. The second kappa shape index (κ2) is 4.61. The van der Waals surface area contributed by atoms with Gasteiger partial charge in [-0.05, 0) is 30.2 Å². The molecule has 1 aliphatic rings. The van der Waals surface area contributed by atoms with Crippen molar-refractivity contribution in [1.29, 1.82) is 0 Å². The monoisotopic (exact) mass is 237 g/mol. The molecule has 1 aromatic rings. The van der Waals surface area contributed by atoms with E-state index in [2.05, 4.69) is 5.32 Å². The van der Waals surface area contributed by atoms with Crippen molar-refractivity contribution in [2.45, 2.75) is 11.3 Å². The van der Waals surface area contributed by atoms with Crippen molar-refractivity contribution in [1.82, 2.24) is 0 Å². The van der Waals surface area contributed by atoms with Crippen LogP contribution in [0.5, 0.6) is 0 Å². The zero-order chi connectivity index (χ0) is 9.47. The fraction of sp³-hybridized carbons (Fsp3) is 0.250. The molecule has 0 unspecified atom stereocenters. The number of benzene rings is 1. The maximum atomic E-state index is 10.7. The van der Waals surface area contributed by atoms with Gasteiger partial charge in [-0.1, -0.05) is 0 Å². The van der Waals surface area contributed by atoms with Crippen LogP contribution in [-0.4, -0.2) is 19.5 Å². The Labute approximate surface area is 125 Å². The van der Waals surface area contributed by atoms with Gasteiger partial charge in [-0.2, -0.15) is 0 Å². The minimum absolute atomic E-state index is 0. The van der Waals surface area contributed by atoms with Crippen LogP contribution in [-0.2, 0) is 16.5 Å². The average Bonchev–Trinajstić information content (AvgIpc) is 2.47. The van der Waals surface area contributed by atoms with Crippen LogP contribution < -0.4 is 56.7 Å². The Kier molecular flexibility index (Phi) is 4.16. The van der Waals surface area contributed by atoms with Gasteiger partial charge in [0.25, 0.3) is 0 Å². The molecule has 0 amide bonds. The molecule has 0 atom stereocenters. The topological polar surface area (TPSA) is 69.2 Å². The third kappa shape index (κ3) is 2.57. The van der Waals surface area contributed by atoms with Crippen molar-refractivity contribution in [2.24, 2.45) is 0 Å². The van der Waals surface area contributed by atoms with Crippen molar-refractivity contribution in [2.75, 3.05) is 11.9 Å². The molecule has 0 spiro atoms. The SMILES string of the molecule is O=S(=O)([O-])c1ccc2c(c1)CCN2.[K+]. The molecule has 1 heterocycles. The first-order valence-corrected chi connectivity index (χ1v) is 5.31. The molecule has 0 fully saturated rings. The summed E-state index contributed by atoms with van der Waals surface area (Å²) in [6, 6.07) is 4.41. The Morgan fingerprint density at radius 1 is 1.36 bits per heavy atom. The Balaban J connectivity index is 0.000000980. The first kappa shape index (κ1) is 12.6. The zero-order valence-corrected chi connectivity index (χ0v) is 11.7. The summed E-state index contributed by atoms with van der Waals surface area (Å²) in [5.41, 5.74) is 1.82. The maximum absolute atomic E-state index is 10.7. The van der Waals surface area contributed by atoms with E-state index in [1.165, 1.54) is 12.1 Å². The zero-order valence-electron chi connectivity index (χ0n) is 7.78. The van der Waals surface area contributed by atoms with E-state index in [1.807, 2.05) is 0 Å². The van der Waals surface area contributed by atoms with E-state index in [4.69, 9.17) is 0 Å². The number of hydrogen-bond donors (Lipinski definition) is 1. The van der Waals surface area contributed by atoms with Crippen molar-refractivity contribution in [3.8, 4) is 0 Å². The van der Waals surface area contributed by atoms with Crippen molar-refractivity contribution in [3.05, 3.63) is 23.8 Å². The smallest absolute Gasteiger partial charge is 0.744 e. The summed E-state index contributed by atoms with van der Waals surface area (Å²) in [5.74, 6) is 0. The van der Waals surface area contributed by atoms with Gasteiger partial charge in [-0.15, -0.1) is 0 Å². The van der Waals surface area contributed by atoms with Gasteiger partial charge in [0.05, 0.1) is 4.90 Å². The molecule has 0 aromatic heterocycles. The number of fused-ring (bicyclic) bond motifs is 1. The van der Waals surface area contributed by atoms with Gasteiger partial charge in [0.15, 0.2) is 0 Å². The maximum Gasteiger partial charge on any atom is 1.00 e. The molecule has 2 rings (SSSR count). The summed E-state index contributed by atoms with van der Waals surface area (Å²) in [6.45, 7) is 0.803. The van der Waals surface area contributed by atoms with E-state index in [1.54, 1.807) is 6.07 Å². The van der Waals surface area contributed by atoms with Gasteiger partial charge in [-0.25, -0.2) is 8.42 Å². The van der Waals surface area contributed by atoms with Crippen LogP contribution in [0.2, 0.25) is 0 Å². The van der Waals surface area contributed by atoms with Crippen LogP contribution in [0.25, 0.3) is 0 Å². The summed E-state index contributed by atoms with van der Waals surface area (Å²) < 4.78 is 32.0. The van der Waals surface area contributed by atoms with E-state index in [0.29, 0.717) is 0 Å². The molecule has 70 valence electrons. The summed E-state index contributed by atoms with van der Waals surface area (Å²) in [5, 5.41) is 3.08. The minimum atomic E-state index is -4.30. The van der Waals surface area contributed by atoms with Crippen LogP contribution in [0, 0.1) is 0 Å². The Hall–Kier alpha value is 0.566. The summed E-state index contributed by atoms with van der Waals surface area (Å²) in [4.78, 5) is -0.144. The number of nitrogens with one attached hydrogen (secondary N) is 1. The van der Waals surface area contributed by atoms with Gasteiger partial charge >= 0.3 is 51.4 Å². The number of rotatable bonds is 1. The molecule has 1 aliphatic heterocycles. The Morgan fingerprint density at radius 3 is 2.71 bits per heavy atom. The minimum Gasteiger partial charge on any atom is -0.744 e. The fourth-order valence-electron chi connectivity index (χ4n) is 1.44. The first-order valence-electron chi connectivity index (χ1n) is 3.90. The van der Waals surface area contributed by atoms with E-state index in [-0.39, 0.29) is 56.3 Å². The van der Waals surface area contributed by atoms with E-state index >= 15 is 0 Å². The van der Waals surface area contributed by atoms with Crippen LogP contribution in [0.1, 0.15) is 5.56 Å². The molecule has 1 N–H and O–H groups in total. The third-order valence-corrected chi connectivity index (χ3v) is 2.91. The molecular weight excluding hydrogens is 229 g/mol. The predicted octanol–water partition coefficient (Wildman–Crippen LogP) is -2.44. The quantitative estimate of drug-likeness (QED) is 0.435. The molecule has 0 bridgehead atoms. The Morgan fingerprint density at radius 2 is 2.07 bits per heavy atom. The van der Waals surface area contributed by atoms with Crippen molar-refractivity contribution >= 4 is 15.8 Å². The van der Waals surface area contributed by atoms with E-state index < -0.39 is 10.1 Å². The van der Waals surface area contributed by atoms with Crippen LogP contribution in [0.3, 0.4) is 0 Å². The second-order valence-corrected chi connectivity index (χ2v) is 4.33. The summed E-state index contributed by atoms with van der Waals surface area (Å²) in [7, 11) is -4.30. The van der Waals surface area contributed by atoms with Gasteiger partial charge in [-0.3, -0.25) is 0 Å². The van der Waals surface area contributed by atoms with Crippen LogP contribution in [0.15, 0.2) is 23.1 Å². The van der Waals surface area contributed by atoms with Gasteiger partial charge in [0, 0.05) is 12.2 Å². The molecular formula is C8H8KNO3S. The molecule has 0 saturated heterocycles.